The number of hydrogen-bond acceptors (Lipinski definition) is 0. The molecule has 1 nitrogen and oxygen atoms in total. The molecule has 0 aliphatic heterocycles. The van der Waals surface area contributed by atoms with E-state index in [9.17, 15) is 0 Å². The molecule has 41 heavy (non-hydrogen) atoms. The Hall–Kier alpha value is -4.36. The van der Waals surface area contributed by atoms with Gasteiger partial charge in [0.05, 0.1) is 5.52 Å². The summed E-state index contributed by atoms with van der Waals surface area (Å²) in [5, 5.41) is 1.31. The van der Waals surface area contributed by atoms with E-state index in [1.54, 1.807) is 0 Å². The molecule has 0 radical (unpaired) electrons. The summed E-state index contributed by atoms with van der Waals surface area (Å²) >= 11 is 0. The smallest absolute Gasteiger partial charge is 0.0543 e. The molecule has 212 valence electrons. The first-order valence-corrected chi connectivity index (χ1v) is 14.8. The van der Waals surface area contributed by atoms with E-state index in [0.29, 0.717) is 0 Å². The number of aromatic nitrogens is 1. The standard InChI is InChI=1S/C29H27N.C7H8.2C2H6/c1-5-12-26-22(3)18-20-28-29(26)23(4)27(30(28)25-15-10-7-11-16-25)19-17-21(2)24-13-8-6-9-14-24;1-7-5-3-2-4-6-7;2*1-2/h5-20H,2H2,1,3-4H3;2-6H,1H3;2*1-2H3/b12-5-,19-17-;;;. The van der Waals surface area contributed by atoms with Crippen LogP contribution in [0.2, 0.25) is 0 Å². The average Bonchev–Trinajstić information content (AvgIpc) is 3.32. The molecule has 1 aromatic heterocycles. The van der Waals surface area contributed by atoms with Gasteiger partial charge in [-0.15, -0.1) is 0 Å². The highest BCUT2D eigenvalue weighted by atomic mass is 15.0. The van der Waals surface area contributed by atoms with Crippen molar-refractivity contribution in [3.63, 3.8) is 0 Å². The Balaban J connectivity index is 0.000000456. The zero-order chi connectivity index (χ0) is 30.2. The van der Waals surface area contributed by atoms with Crippen molar-refractivity contribution in [3.8, 4) is 5.69 Å². The van der Waals surface area contributed by atoms with Gasteiger partial charge in [0.1, 0.15) is 0 Å². The summed E-state index contributed by atoms with van der Waals surface area (Å²) in [7, 11) is 0. The Kier molecular flexibility index (Phi) is 13.9. The Morgan fingerprint density at radius 1 is 0.659 bits per heavy atom. The van der Waals surface area contributed by atoms with Gasteiger partial charge >= 0.3 is 0 Å². The molecule has 0 amide bonds. The molecule has 1 heteroatoms. The minimum absolute atomic E-state index is 1.00. The Bertz CT molecular complexity index is 1530. The van der Waals surface area contributed by atoms with Crippen molar-refractivity contribution in [1.29, 1.82) is 0 Å². The summed E-state index contributed by atoms with van der Waals surface area (Å²) in [6, 6.07) is 35.6. The topological polar surface area (TPSA) is 4.93 Å². The molecule has 0 atom stereocenters. The van der Waals surface area contributed by atoms with E-state index in [4.69, 9.17) is 0 Å². The molecule has 0 aliphatic rings. The molecular weight excluding hydrogens is 494 g/mol. The van der Waals surface area contributed by atoms with Gasteiger partial charge in [0, 0.05) is 16.8 Å². The predicted octanol–water partition coefficient (Wildman–Crippen LogP) is 12.1. The number of fused-ring (bicyclic) bond motifs is 1. The van der Waals surface area contributed by atoms with Crippen LogP contribution < -0.4 is 0 Å². The first-order chi connectivity index (χ1) is 20.0. The molecule has 0 fully saturated rings. The molecule has 0 aliphatic carbocycles. The van der Waals surface area contributed by atoms with E-state index in [0.717, 1.165) is 16.8 Å². The zero-order valence-electron chi connectivity index (χ0n) is 26.3. The van der Waals surface area contributed by atoms with Gasteiger partial charge in [-0.1, -0.05) is 143 Å². The number of benzene rings is 4. The van der Waals surface area contributed by atoms with Crippen LogP contribution in [0.5, 0.6) is 0 Å². The summed E-state index contributed by atoms with van der Waals surface area (Å²) in [5.41, 5.74) is 10.9. The number of hydrogen-bond donors (Lipinski definition) is 0. The SMILES string of the molecule is C=C(/C=C\c1c(C)c2c(/C=C\C)c(C)ccc2n1-c1ccccc1)c1ccccc1.CC.CC.Cc1ccccc1. The quantitative estimate of drug-likeness (QED) is 0.195. The number of rotatable bonds is 5. The van der Waals surface area contributed by atoms with Crippen molar-refractivity contribution in [2.24, 2.45) is 0 Å². The molecule has 4 aromatic carbocycles. The van der Waals surface area contributed by atoms with Crippen LogP contribution in [-0.4, -0.2) is 4.57 Å². The fourth-order valence-corrected chi connectivity index (χ4v) is 4.62. The minimum atomic E-state index is 1.00. The van der Waals surface area contributed by atoms with Crippen LogP contribution >= 0.6 is 0 Å². The average molecular weight is 542 g/mol. The van der Waals surface area contributed by atoms with Crippen LogP contribution in [0.3, 0.4) is 0 Å². The first kappa shape index (κ1) is 32.8. The van der Waals surface area contributed by atoms with E-state index in [2.05, 4.69) is 130 Å². The lowest BCUT2D eigenvalue weighted by atomic mass is 10.00. The van der Waals surface area contributed by atoms with Gasteiger partial charge in [0.15, 0.2) is 0 Å². The van der Waals surface area contributed by atoms with Crippen molar-refractivity contribution >= 4 is 28.6 Å². The maximum absolute atomic E-state index is 4.28. The van der Waals surface area contributed by atoms with Crippen molar-refractivity contribution in [2.75, 3.05) is 0 Å². The Morgan fingerprint density at radius 3 is 1.71 bits per heavy atom. The molecule has 0 N–H and O–H groups in total. The first-order valence-electron chi connectivity index (χ1n) is 14.8. The second-order valence-corrected chi connectivity index (χ2v) is 9.25. The van der Waals surface area contributed by atoms with Crippen LogP contribution in [0, 0.1) is 20.8 Å². The van der Waals surface area contributed by atoms with Gasteiger partial charge in [-0.2, -0.15) is 0 Å². The van der Waals surface area contributed by atoms with E-state index in [1.165, 1.54) is 38.9 Å². The largest absolute Gasteiger partial charge is 0.310 e. The fraction of sp³-hybridized carbons (Fsp3) is 0.200. The molecule has 5 aromatic rings. The van der Waals surface area contributed by atoms with Crippen LogP contribution in [-0.2, 0) is 0 Å². The number of nitrogens with zero attached hydrogens (tertiary/aromatic N) is 1. The Morgan fingerprint density at radius 2 is 1.20 bits per heavy atom. The van der Waals surface area contributed by atoms with Crippen LogP contribution in [0.4, 0.5) is 0 Å². The second-order valence-electron chi connectivity index (χ2n) is 9.25. The van der Waals surface area contributed by atoms with E-state index >= 15 is 0 Å². The molecule has 0 saturated carbocycles. The minimum Gasteiger partial charge on any atom is -0.310 e. The van der Waals surface area contributed by atoms with Crippen molar-refractivity contribution in [1.82, 2.24) is 4.57 Å². The van der Waals surface area contributed by atoms with Gasteiger partial charge in [-0.25, -0.2) is 0 Å². The third-order valence-corrected chi connectivity index (χ3v) is 6.56. The molecule has 5 rings (SSSR count). The molecular formula is C40H47N. The lowest BCUT2D eigenvalue weighted by molar-refractivity contribution is 1.10. The summed E-state index contributed by atoms with van der Waals surface area (Å²) < 4.78 is 2.35. The third kappa shape index (κ3) is 8.56. The molecule has 0 unspecified atom stereocenters. The Labute approximate surface area is 249 Å². The van der Waals surface area contributed by atoms with Crippen LogP contribution in [0.1, 0.15) is 68.1 Å². The van der Waals surface area contributed by atoms with Crippen molar-refractivity contribution in [2.45, 2.75) is 55.4 Å². The second kappa shape index (κ2) is 17.4. The summed E-state index contributed by atoms with van der Waals surface area (Å²) in [5.74, 6) is 0. The molecule has 0 saturated heterocycles. The molecule has 1 heterocycles. The van der Waals surface area contributed by atoms with E-state index < -0.39 is 0 Å². The van der Waals surface area contributed by atoms with Crippen molar-refractivity contribution in [3.05, 3.63) is 155 Å². The van der Waals surface area contributed by atoms with Gasteiger partial charge in [0.25, 0.3) is 0 Å². The highest BCUT2D eigenvalue weighted by molar-refractivity contribution is 5.97. The predicted molar refractivity (Wildman–Crippen MR) is 186 cm³/mol. The van der Waals surface area contributed by atoms with Gasteiger partial charge in [-0.05, 0) is 79.8 Å². The van der Waals surface area contributed by atoms with Gasteiger partial charge < -0.3 is 4.57 Å². The fourth-order valence-electron chi connectivity index (χ4n) is 4.62. The summed E-state index contributed by atoms with van der Waals surface area (Å²) in [6.45, 7) is 20.8. The van der Waals surface area contributed by atoms with E-state index in [1.807, 2.05) is 64.1 Å². The highest BCUT2D eigenvalue weighted by Crippen LogP contribution is 2.35. The molecule has 0 bridgehead atoms. The lowest BCUT2D eigenvalue weighted by Gasteiger charge is -2.10. The normalized spacial score (nSPS) is 10.3. The van der Waals surface area contributed by atoms with Crippen LogP contribution in [0.25, 0.3) is 34.3 Å². The van der Waals surface area contributed by atoms with Crippen LogP contribution in [0.15, 0.2) is 122 Å². The van der Waals surface area contributed by atoms with E-state index in [-0.39, 0.29) is 0 Å². The number of aryl methyl sites for hydroxylation is 3. The highest BCUT2D eigenvalue weighted by Gasteiger charge is 2.17. The third-order valence-electron chi connectivity index (χ3n) is 6.56. The van der Waals surface area contributed by atoms with Gasteiger partial charge in [-0.3, -0.25) is 0 Å². The number of para-hydroxylation sites is 1. The molecule has 0 spiro atoms. The zero-order valence-corrected chi connectivity index (χ0v) is 26.3. The number of allylic oxidation sites excluding steroid dienone is 3. The lowest BCUT2D eigenvalue weighted by Crippen LogP contribution is -1.97. The monoisotopic (exact) mass is 541 g/mol. The van der Waals surface area contributed by atoms with Gasteiger partial charge in [0.2, 0.25) is 0 Å². The maximum Gasteiger partial charge on any atom is 0.0543 e. The van der Waals surface area contributed by atoms with Crippen molar-refractivity contribution < 1.29 is 0 Å². The maximum atomic E-state index is 4.28. The summed E-state index contributed by atoms with van der Waals surface area (Å²) in [4.78, 5) is 0. The summed E-state index contributed by atoms with van der Waals surface area (Å²) in [6.07, 6.45) is 8.66.